The van der Waals surface area contributed by atoms with Gasteiger partial charge in [-0.1, -0.05) is 18.2 Å². The maximum Gasteiger partial charge on any atom is 0.206 e. The van der Waals surface area contributed by atoms with Gasteiger partial charge in [-0.15, -0.1) is 17.9 Å². The largest absolute Gasteiger partial charge is 0.496 e. The van der Waals surface area contributed by atoms with Gasteiger partial charge in [0.1, 0.15) is 17.2 Å². The van der Waals surface area contributed by atoms with E-state index in [-0.39, 0.29) is 0 Å². The molecule has 3 aromatic rings. The molecule has 2 aromatic heterocycles. The van der Waals surface area contributed by atoms with Gasteiger partial charge < -0.3 is 9.15 Å². The van der Waals surface area contributed by atoms with Gasteiger partial charge in [-0.05, 0) is 31.2 Å². The molecule has 0 bridgehead atoms. The highest BCUT2D eigenvalue weighted by Crippen LogP contribution is 2.30. The zero-order chi connectivity index (χ0) is 17.6. The Kier molecular flexibility index (Phi) is 5.30. The smallest absolute Gasteiger partial charge is 0.206 e. The van der Waals surface area contributed by atoms with E-state index in [0.29, 0.717) is 6.54 Å². The molecule has 6 heteroatoms. The highest BCUT2D eigenvalue weighted by Gasteiger charge is 2.13. The van der Waals surface area contributed by atoms with Crippen molar-refractivity contribution in [3.8, 4) is 17.0 Å². The highest BCUT2D eigenvalue weighted by molar-refractivity contribution is 7.07. The third kappa shape index (κ3) is 3.64. The van der Waals surface area contributed by atoms with Crippen LogP contribution in [0.2, 0.25) is 0 Å². The number of furan rings is 1. The summed E-state index contributed by atoms with van der Waals surface area (Å²) in [7, 11) is 1.66. The average molecular weight is 353 g/mol. The quantitative estimate of drug-likeness (QED) is 0.493. The van der Waals surface area contributed by atoms with Crippen LogP contribution in [0.3, 0.4) is 0 Å². The summed E-state index contributed by atoms with van der Waals surface area (Å²) < 4.78 is 12.8. The molecule has 128 valence electrons. The normalized spacial score (nSPS) is 12.4. The Labute approximate surface area is 150 Å². The van der Waals surface area contributed by atoms with Crippen molar-refractivity contribution in [2.24, 2.45) is 10.1 Å². The molecule has 1 aromatic carbocycles. The Balaban J connectivity index is 2.19. The van der Waals surface area contributed by atoms with Crippen molar-refractivity contribution < 1.29 is 9.15 Å². The Morgan fingerprint density at radius 2 is 2.16 bits per heavy atom. The standard InChI is InChI=1S/C19H19N3O2S/c1-4-11-20-19-22(21-14(2)17-10-7-12-24-17)16(13-25-19)15-8-5-6-9-18(15)23-3/h4-10,12-13H,1,11H2,2-3H3. The van der Waals surface area contributed by atoms with Crippen molar-refractivity contribution in [2.75, 3.05) is 13.7 Å². The van der Waals surface area contributed by atoms with Crippen LogP contribution in [0.1, 0.15) is 12.7 Å². The fraction of sp³-hybridized carbons (Fsp3) is 0.158. The number of ether oxygens (including phenoxy) is 1. The number of aromatic nitrogens is 1. The topological polar surface area (TPSA) is 52.0 Å². The Morgan fingerprint density at radius 3 is 2.88 bits per heavy atom. The molecule has 5 nitrogen and oxygen atoms in total. The van der Waals surface area contributed by atoms with Gasteiger partial charge in [-0.2, -0.15) is 5.10 Å². The first-order valence-electron chi connectivity index (χ1n) is 7.79. The average Bonchev–Trinajstić information content (AvgIpc) is 3.30. The lowest BCUT2D eigenvalue weighted by molar-refractivity contribution is 0.416. The lowest BCUT2D eigenvalue weighted by atomic mass is 10.1. The van der Waals surface area contributed by atoms with Gasteiger partial charge >= 0.3 is 0 Å². The summed E-state index contributed by atoms with van der Waals surface area (Å²) in [5.41, 5.74) is 2.63. The van der Waals surface area contributed by atoms with Crippen molar-refractivity contribution in [1.29, 1.82) is 0 Å². The van der Waals surface area contributed by atoms with Crippen LogP contribution in [-0.2, 0) is 0 Å². The molecule has 0 aliphatic rings. The van der Waals surface area contributed by atoms with E-state index >= 15 is 0 Å². The van der Waals surface area contributed by atoms with Crippen LogP contribution >= 0.6 is 11.3 Å². The number of hydrogen-bond acceptors (Lipinski definition) is 5. The van der Waals surface area contributed by atoms with Crippen LogP contribution in [0, 0.1) is 0 Å². The fourth-order valence-corrected chi connectivity index (χ4v) is 3.20. The number of hydrogen-bond donors (Lipinski definition) is 0. The summed E-state index contributed by atoms with van der Waals surface area (Å²) >= 11 is 1.52. The second-order valence-corrected chi connectivity index (χ2v) is 6.04. The molecule has 0 amide bonds. The van der Waals surface area contributed by atoms with Gasteiger partial charge in [0, 0.05) is 10.9 Å². The molecule has 3 rings (SSSR count). The van der Waals surface area contributed by atoms with Crippen molar-refractivity contribution >= 4 is 17.0 Å². The molecule has 0 N–H and O–H groups in total. The van der Waals surface area contributed by atoms with E-state index in [1.54, 1.807) is 19.4 Å². The van der Waals surface area contributed by atoms with Gasteiger partial charge in [0.15, 0.2) is 0 Å². The van der Waals surface area contributed by atoms with Crippen LogP contribution in [0.5, 0.6) is 5.75 Å². The van der Waals surface area contributed by atoms with Crippen molar-refractivity contribution in [3.05, 3.63) is 71.3 Å². The van der Waals surface area contributed by atoms with E-state index in [1.807, 2.05) is 53.4 Å². The van der Waals surface area contributed by atoms with Gasteiger partial charge in [0.25, 0.3) is 0 Å². The van der Waals surface area contributed by atoms with E-state index in [4.69, 9.17) is 14.3 Å². The van der Waals surface area contributed by atoms with E-state index in [0.717, 1.165) is 33.3 Å². The fourth-order valence-electron chi connectivity index (χ4n) is 2.37. The number of para-hydroxylation sites is 1. The molecule has 0 radical (unpaired) electrons. The number of benzene rings is 1. The number of rotatable bonds is 6. The van der Waals surface area contributed by atoms with Crippen LogP contribution < -0.4 is 9.54 Å². The van der Waals surface area contributed by atoms with Gasteiger partial charge in [-0.3, -0.25) is 4.99 Å². The molecule has 0 aliphatic carbocycles. The maximum atomic E-state index is 5.50. The first-order valence-corrected chi connectivity index (χ1v) is 8.67. The maximum absolute atomic E-state index is 5.50. The van der Waals surface area contributed by atoms with Crippen molar-refractivity contribution in [3.63, 3.8) is 0 Å². The van der Waals surface area contributed by atoms with Crippen LogP contribution in [0.15, 0.2) is 75.2 Å². The predicted octanol–water partition coefficient (Wildman–Crippen LogP) is 4.18. The SMILES string of the molecule is C=CCN=c1scc(-c2ccccc2OC)n1N=C(C)c1ccco1. The van der Waals surface area contributed by atoms with E-state index in [2.05, 4.69) is 11.6 Å². The lowest BCUT2D eigenvalue weighted by Gasteiger charge is -2.09. The minimum atomic E-state index is 0.529. The molecule has 0 atom stereocenters. The summed E-state index contributed by atoms with van der Waals surface area (Å²) in [5.74, 6) is 1.51. The molecule has 0 aliphatic heterocycles. The Hall–Kier alpha value is -2.86. The van der Waals surface area contributed by atoms with Crippen molar-refractivity contribution in [2.45, 2.75) is 6.92 Å². The zero-order valence-corrected chi connectivity index (χ0v) is 15.0. The summed E-state index contributed by atoms with van der Waals surface area (Å²) in [6.07, 6.45) is 3.40. The number of nitrogens with zero attached hydrogens (tertiary/aromatic N) is 3. The van der Waals surface area contributed by atoms with Gasteiger partial charge in [0.2, 0.25) is 4.80 Å². The predicted molar refractivity (Wildman–Crippen MR) is 101 cm³/mol. The third-order valence-electron chi connectivity index (χ3n) is 3.55. The van der Waals surface area contributed by atoms with Gasteiger partial charge in [0.05, 0.1) is 25.6 Å². The molecular formula is C19H19N3O2S. The third-order valence-corrected chi connectivity index (χ3v) is 4.41. The second kappa shape index (κ2) is 7.81. The molecule has 25 heavy (non-hydrogen) atoms. The molecule has 0 saturated heterocycles. The number of methoxy groups -OCH3 is 1. The Morgan fingerprint density at radius 1 is 1.32 bits per heavy atom. The Bertz CT molecular complexity index is 949. The summed E-state index contributed by atoms with van der Waals surface area (Å²) in [6.45, 7) is 6.17. The summed E-state index contributed by atoms with van der Waals surface area (Å²) in [4.78, 5) is 5.33. The lowest BCUT2D eigenvalue weighted by Crippen LogP contribution is -2.14. The summed E-state index contributed by atoms with van der Waals surface area (Å²) in [5, 5.41) is 6.76. The van der Waals surface area contributed by atoms with Crippen LogP contribution in [0.25, 0.3) is 11.3 Å². The van der Waals surface area contributed by atoms with E-state index < -0.39 is 0 Å². The minimum Gasteiger partial charge on any atom is -0.496 e. The molecule has 0 unspecified atom stereocenters. The molecule has 0 fully saturated rings. The van der Waals surface area contributed by atoms with E-state index in [9.17, 15) is 0 Å². The molecule has 0 spiro atoms. The summed E-state index contributed by atoms with van der Waals surface area (Å²) in [6, 6.07) is 11.6. The van der Waals surface area contributed by atoms with Crippen LogP contribution in [-0.4, -0.2) is 24.0 Å². The first kappa shape index (κ1) is 17.0. The molecule has 2 heterocycles. The molecular weight excluding hydrogens is 334 g/mol. The monoisotopic (exact) mass is 353 g/mol. The first-order chi connectivity index (χ1) is 12.2. The van der Waals surface area contributed by atoms with Crippen molar-refractivity contribution in [1.82, 2.24) is 4.68 Å². The van der Waals surface area contributed by atoms with Crippen LogP contribution in [0.4, 0.5) is 0 Å². The molecule has 0 saturated carbocycles. The van der Waals surface area contributed by atoms with Gasteiger partial charge in [-0.25, -0.2) is 4.68 Å². The van der Waals surface area contributed by atoms with E-state index in [1.165, 1.54) is 11.3 Å². The second-order valence-electron chi connectivity index (χ2n) is 5.21. The number of thiazole rings is 1. The zero-order valence-electron chi connectivity index (χ0n) is 14.2. The minimum absolute atomic E-state index is 0.529. The highest BCUT2D eigenvalue weighted by atomic mass is 32.1.